The number of benzene rings is 1. The minimum absolute atomic E-state index is 0.0269. The first-order valence-electron chi connectivity index (χ1n) is 9.39. The molecule has 0 radical (unpaired) electrons. The molecule has 0 amide bonds. The first-order valence-corrected chi connectivity index (χ1v) is 9.39. The Hall–Kier alpha value is -3.53. The Morgan fingerprint density at radius 1 is 1.17 bits per heavy atom. The number of esters is 1. The van der Waals surface area contributed by atoms with Gasteiger partial charge in [-0.2, -0.15) is 9.97 Å². The highest BCUT2D eigenvalue weighted by Gasteiger charge is 2.25. The second-order valence-electron chi connectivity index (χ2n) is 7.84. The number of fused-ring (bicyclic) bond motifs is 1. The molecule has 1 atom stereocenters. The number of aromatic nitrogens is 4. The second-order valence-corrected chi connectivity index (χ2v) is 7.84. The maximum absolute atomic E-state index is 12.7. The van der Waals surface area contributed by atoms with Crippen LogP contribution in [0.2, 0.25) is 0 Å². The highest BCUT2D eigenvalue weighted by Crippen LogP contribution is 2.16. The van der Waals surface area contributed by atoms with Gasteiger partial charge in [0.15, 0.2) is 17.0 Å². The quantitative estimate of drug-likeness (QED) is 0.435. The van der Waals surface area contributed by atoms with E-state index in [0.29, 0.717) is 23.3 Å². The number of phenolic OH excluding ortho intramolecular Hbond substituents is 1. The van der Waals surface area contributed by atoms with E-state index in [-0.39, 0.29) is 30.0 Å². The van der Waals surface area contributed by atoms with Crippen LogP contribution in [0.25, 0.3) is 11.2 Å². The molecular formula is C20H25N7O3. The molecule has 1 aromatic carbocycles. The lowest BCUT2D eigenvalue weighted by Crippen LogP contribution is -2.42. The van der Waals surface area contributed by atoms with Gasteiger partial charge in [0.25, 0.3) is 0 Å². The van der Waals surface area contributed by atoms with E-state index >= 15 is 0 Å². The Balaban J connectivity index is 1.79. The van der Waals surface area contributed by atoms with Crippen LogP contribution in [0.5, 0.6) is 5.75 Å². The summed E-state index contributed by atoms with van der Waals surface area (Å²) in [5.41, 5.74) is 12.9. The third-order valence-electron chi connectivity index (χ3n) is 4.10. The third kappa shape index (κ3) is 5.51. The van der Waals surface area contributed by atoms with Crippen LogP contribution in [0.1, 0.15) is 32.0 Å². The van der Waals surface area contributed by atoms with Gasteiger partial charge in [0.2, 0.25) is 5.95 Å². The molecule has 10 heteroatoms. The van der Waals surface area contributed by atoms with Gasteiger partial charge in [0, 0.05) is 6.54 Å². The number of rotatable bonds is 6. The van der Waals surface area contributed by atoms with Crippen LogP contribution in [-0.4, -0.2) is 42.7 Å². The van der Waals surface area contributed by atoms with Crippen molar-refractivity contribution < 1.29 is 14.6 Å². The topological polar surface area (TPSA) is 162 Å². The highest BCUT2D eigenvalue weighted by molar-refractivity contribution is 5.81. The van der Waals surface area contributed by atoms with Crippen LogP contribution in [0, 0.1) is 0 Å². The van der Waals surface area contributed by atoms with Gasteiger partial charge >= 0.3 is 5.97 Å². The Labute approximate surface area is 173 Å². The zero-order valence-corrected chi connectivity index (χ0v) is 17.1. The summed E-state index contributed by atoms with van der Waals surface area (Å²) in [5.74, 6) is -0.0638. The van der Waals surface area contributed by atoms with E-state index in [9.17, 15) is 9.90 Å². The Morgan fingerprint density at radius 3 is 2.53 bits per heavy atom. The molecule has 3 aromatic rings. The number of carbonyl (C=O) groups is 1. The van der Waals surface area contributed by atoms with Crippen molar-refractivity contribution in [2.24, 2.45) is 0 Å². The molecule has 0 bridgehead atoms. The van der Waals surface area contributed by atoms with Gasteiger partial charge in [-0.25, -0.2) is 9.97 Å². The molecule has 0 saturated heterocycles. The average Bonchev–Trinajstić information content (AvgIpc) is 2.65. The molecule has 1 unspecified atom stereocenters. The highest BCUT2D eigenvalue weighted by atomic mass is 16.6. The maximum Gasteiger partial charge on any atom is 0.324 e. The van der Waals surface area contributed by atoms with Crippen LogP contribution >= 0.6 is 0 Å². The van der Waals surface area contributed by atoms with Gasteiger partial charge in [-0.15, -0.1) is 0 Å². The van der Waals surface area contributed by atoms with Crippen LogP contribution < -0.4 is 16.8 Å². The largest absolute Gasteiger partial charge is 0.508 e. The molecule has 6 N–H and O–H groups in total. The lowest BCUT2D eigenvalue weighted by atomic mass is 10.1. The van der Waals surface area contributed by atoms with Gasteiger partial charge in [0.1, 0.15) is 17.4 Å². The lowest BCUT2D eigenvalue weighted by molar-refractivity contribution is -0.157. The monoisotopic (exact) mass is 411 g/mol. The number of nitrogens with one attached hydrogen (secondary N) is 1. The number of phenols is 1. The summed E-state index contributed by atoms with van der Waals surface area (Å²) in [7, 11) is 0. The Bertz CT molecular complexity index is 1050. The fraction of sp³-hybridized carbons (Fsp3) is 0.350. The van der Waals surface area contributed by atoms with Crippen molar-refractivity contribution in [1.82, 2.24) is 25.3 Å². The molecule has 0 aliphatic rings. The smallest absolute Gasteiger partial charge is 0.324 e. The molecule has 0 aliphatic heterocycles. The SMILES string of the molecule is CC(C)(C)OC(=O)C(Cc1ccc(O)cc1)NCc1cnc2nc(N)nc(N)c2n1. The van der Waals surface area contributed by atoms with Gasteiger partial charge < -0.3 is 21.3 Å². The van der Waals surface area contributed by atoms with Gasteiger partial charge in [-0.3, -0.25) is 10.1 Å². The molecule has 0 fully saturated rings. The van der Waals surface area contributed by atoms with Crippen molar-refractivity contribution >= 4 is 28.9 Å². The predicted octanol–water partition coefficient (Wildman–Crippen LogP) is 1.33. The van der Waals surface area contributed by atoms with Crippen molar-refractivity contribution in [3.63, 3.8) is 0 Å². The van der Waals surface area contributed by atoms with Crippen LogP contribution in [-0.2, 0) is 22.5 Å². The summed E-state index contributed by atoms with van der Waals surface area (Å²) < 4.78 is 5.55. The van der Waals surface area contributed by atoms with Crippen LogP contribution in [0.3, 0.4) is 0 Å². The zero-order chi connectivity index (χ0) is 21.9. The molecule has 0 saturated carbocycles. The number of nitrogens with zero attached hydrogens (tertiary/aromatic N) is 4. The predicted molar refractivity (Wildman–Crippen MR) is 112 cm³/mol. The van der Waals surface area contributed by atoms with E-state index < -0.39 is 11.6 Å². The minimum Gasteiger partial charge on any atom is -0.508 e. The summed E-state index contributed by atoms with van der Waals surface area (Å²) in [5, 5.41) is 12.7. The number of anilines is 2. The normalized spacial score (nSPS) is 12.6. The molecule has 10 nitrogen and oxygen atoms in total. The fourth-order valence-electron chi connectivity index (χ4n) is 2.78. The maximum atomic E-state index is 12.7. The molecule has 0 aliphatic carbocycles. The summed E-state index contributed by atoms with van der Waals surface area (Å²) in [4.78, 5) is 29.3. The molecule has 30 heavy (non-hydrogen) atoms. The fourth-order valence-corrected chi connectivity index (χ4v) is 2.78. The minimum atomic E-state index is -0.633. The van der Waals surface area contributed by atoms with Crippen LogP contribution in [0.15, 0.2) is 30.5 Å². The average molecular weight is 411 g/mol. The van der Waals surface area contributed by atoms with Crippen molar-refractivity contribution in [3.8, 4) is 5.75 Å². The zero-order valence-electron chi connectivity index (χ0n) is 17.1. The Morgan fingerprint density at radius 2 is 1.87 bits per heavy atom. The van der Waals surface area contributed by atoms with E-state index in [1.54, 1.807) is 24.3 Å². The van der Waals surface area contributed by atoms with Gasteiger partial charge in [0.05, 0.1) is 11.9 Å². The summed E-state index contributed by atoms with van der Waals surface area (Å²) in [6, 6.07) is 6.03. The number of aromatic hydroxyl groups is 1. The molecule has 2 aromatic heterocycles. The van der Waals surface area contributed by atoms with Crippen molar-refractivity contribution in [2.45, 2.75) is 45.4 Å². The molecule has 2 heterocycles. The van der Waals surface area contributed by atoms with Crippen molar-refractivity contribution in [2.75, 3.05) is 11.5 Å². The number of hydrogen-bond donors (Lipinski definition) is 4. The first kappa shape index (κ1) is 21.2. The molecule has 158 valence electrons. The van der Waals surface area contributed by atoms with E-state index in [1.165, 1.54) is 6.20 Å². The van der Waals surface area contributed by atoms with Gasteiger partial charge in [-0.05, 0) is 44.9 Å². The van der Waals surface area contributed by atoms with E-state index in [2.05, 4.69) is 25.3 Å². The number of hydrogen-bond acceptors (Lipinski definition) is 10. The first-order chi connectivity index (χ1) is 14.1. The summed E-state index contributed by atoms with van der Waals surface area (Å²) in [6.45, 7) is 5.68. The van der Waals surface area contributed by atoms with Crippen molar-refractivity contribution in [1.29, 1.82) is 0 Å². The lowest BCUT2D eigenvalue weighted by Gasteiger charge is -2.24. The van der Waals surface area contributed by atoms with E-state index in [0.717, 1.165) is 5.56 Å². The Kier molecular flexibility index (Phi) is 5.97. The standard InChI is InChI=1S/C20H25N7O3/c1-20(2,3)30-18(29)14(8-11-4-6-13(28)7-5-11)23-9-12-10-24-17-15(25-12)16(21)26-19(22)27-17/h4-7,10,14,23,28H,8-9H2,1-3H3,(H4,21,22,24,26,27). The van der Waals surface area contributed by atoms with Crippen LogP contribution in [0.4, 0.5) is 11.8 Å². The molecule has 3 rings (SSSR count). The van der Waals surface area contributed by atoms with E-state index in [4.69, 9.17) is 16.2 Å². The number of carbonyl (C=O) groups excluding carboxylic acids is 1. The second kappa shape index (κ2) is 8.46. The summed E-state index contributed by atoms with van der Waals surface area (Å²) in [6.07, 6.45) is 1.91. The van der Waals surface area contributed by atoms with Gasteiger partial charge in [-0.1, -0.05) is 12.1 Å². The number of ether oxygens (including phenoxy) is 1. The number of nitrogen functional groups attached to an aromatic ring is 2. The van der Waals surface area contributed by atoms with Crippen molar-refractivity contribution in [3.05, 3.63) is 41.7 Å². The van der Waals surface area contributed by atoms with E-state index in [1.807, 2.05) is 20.8 Å². The third-order valence-corrected chi connectivity index (χ3v) is 4.10. The summed E-state index contributed by atoms with van der Waals surface area (Å²) >= 11 is 0. The molecule has 0 spiro atoms. The molecular weight excluding hydrogens is 386 g/mol. The number of nitrogens with two attached hydrogens (primary N) is 2.